The molecule has 0 unspecified atom stereocenters. The summed E-state index contributed by atoms with van der Waals surface area (Å²) in [5, 5.41) is 7.90. The summed E-state index contributed by atoms with van der Waals surface area (Å²) in [4.78, 5) is 29.5. The molecular weight excluding hydrogens is 313 g/mol. The van der Waals surface area contributed by atoms with Crippen LogP contribution in [0.25, 0.3) is 16.6 Å². The number of H-pyrrole nitrogens is 1. The number of nitrogens with one attached hydrogen (secondary N) is 1. The fourth-order valence-electron chi connectivity index (χ4n) is 3.20. The molecule has 24 heavy (non-hydrogen) atoms. The molecule has 3 heterocycles. The van der Waals surface area contributed by atoms with Crippen LogP contribution in [0.5, 0.6) is 0 Å². The third kappa shape index (κ3) is 2.34. The third-order valence-corrected chi connectivity index (χ3v) is 4.42. The van der Waals surface area contributed by atoms with E-state index in [0.717, 1.165) is 25.7 Å². The summed E-state index contributed by atoms with van der Waals surface area (Å²) < 4.78 is 14.7. The number of fused-ring (bicyclic) bond motifs is 3. The van der Waals surface area contributed by atoms with Gasteiger partial charge in [0.25, 0.3) is 11.5 Å². The van der Waals surface area contributed by atoms with E-state index >= 15 is 0 Å². The smallest absolute Gasteiger partial charge is 0.277 e. The SMILES string of the molecule is O=C(c1nnn2c1c(=O)[nH]c1cc(F)ccc12)N1CCCCCC1. The van der Waals surface area contributed by atoms with Crippen LogP contribution in [0.15, 0.2) is 23.0 Å². The maximum absolute atomic E-state index is 13.4. The van der Waals surface area contributed by atoms with Crippen LogP contribution >= 0.6 is 0 Å². The summed E-state index contributed by atoms with van der Waals surface area (Å²) in [6.45, 7) is 1.32. The summed E-state index contributed by atoms with van der Waals surface area (Å²) in [5.74, 6) is -0.739. The van der Waals surface area contributed by atoms with Gasteiger partial charge in [-0.25, -0.2) is 8.91 Å². The minimum absolute atomic E-state index is 0.0457. The van der Waals surface area contributed by atoms with Gasteiger partial charge in [0.15, 0.2) is 11.2 Å². The Morgan fingerprint density at radius 3 is 2.67 bits per heavy atom. The maximum Gasteiger partial charge on any atom is 0.277 e. The Hall–Kier alpha value is -2.77. The lowest BCUT2D eigenvalue weighted by Gasteiger charge is -2.18. The Labute approximate surface area is 136 Å². The van der Waals surface area contributed by atoms with E-state index in [0.29, 0.717) is 24.1 Å². The van der Waals surface area contributed by atoms with Crippen molar-refractivity contribution in [3.63, 3.8) is 0 Å². The van der Waals surface area contributed by atoms with E-state index in [1.807, 2.05) is 0 Å². The summed E-state index contributed by atoms with van der Waals surface area (Å²) in [7, 11) is 0. The molecule has 0 saturated carbocycles. The second kappa shape index (κ2) is 5.70. The Morgan fingerprint density at radius 1 is 1.17 bits per heavy atom. The number of rotatable bonds is 1. The molecule has 1 aromatic carbocycles. The number of carbonyl (C=O) groups is 1. The fraction of sp³-hybridized carbons (Fsp3) is 0.375. The molecule has 2 aromatic heterocycles. The molecule has 0 atom stereocenters. The number of amides is 1. The van der Waals surface area contributed by atoms with Crippen molar-refractivity contribution in [2.45, 2.75) is 25.7 Å². The molecule has 1 fully saturated rings. The van der Waals surface area contributed by atoms with Crippen LogP contribution in [0.4, 0.5) is 4.39 Å². The number of likely N-dealkylation sites (tertiary alicyclic amines) is 1. The van der Waals surface area contributed by atoms with Crippen LogP contribution in [0.1, 0.15) is 36.2 Å². The zero-order valence-corrected chi connectivity index (χ0v) is 13.0. The van der Waals surface area contributed by atoms with Crippen molar-refractivity contribution in [2.75, 3.05) is 13.1 Å². The zero-order chi connectivity index (χ0) is 16.7. The minimum Gasteiger partial charge on any atom is -0.337 e. The average molecular weight is 329 g/mol. The van der Waals surface area contributed by atoms with Crippen molar-refractivity contribution in [2.24, 2.45) is 0 Å². The zero-order valence-electron chi connectivity index (χ0n) is 13.0. The number of aromatic amines is 1. The molecule has 0 radical (unpaired) electrons. The molecule has 3 aromatic rings. The number of hydrogen-bond donors (Lipinski definition) is 1. The Morgan fingerprint density at radius 2 is 1.92 bits per heavy atom. The number of hydrogen-bond acceptors (Lipinski definition) is 4. The molecule has 124 valence electrons. The summed E-state index contributed by atoms with van der Waals surface area (Å²) in [6.07, 6.45) is 4.10. The normalized spacial score (nSPS) is 15.8. The monoisotopic (exact) mass is 329 g/mol. The summed E-state index contributed by atoms with van der Waals surface area (Å²) >= 11 is 0. The van der Waals surface area contributed by atoms with E-state index in [1.165, 1.54) is 22.7 Å². The highest BCUT2D eigenvalue weighted by Crippen LogP contribution is 2.17. The van der Waals surface area contributed by atoms with Crippen molar-refractivity contribution < 1.29 is 9.18 Å². The van der Waals surface area contributed by atoms with Crippen molar-refractivity contribution in [3.8, 4) is 0 Å². The van der Waals surface area contributed by atoms with Gasteiger partial charge in [-0.2, -0.15) is 0 Å². The third-order valence-electron chi connectivity index (χ3n) is 4.42. The number of halogens is 1. The Bertz CT molecular complexity index is 985. The van der Waals surface area contributed by atoms with Crippen LogP contribution in [0.3, 0.4) is 0 Å². The van der Waals surface area contributed by atoms with Crippen LogP contribution in [0.2, 0.25) is 0 Å². The lowest BCUT2D eigenvalue weighted by molar-refractivity contribution is 0.0757. The number of carbonyl (C=O) groups excluding carboxylic acids is 1. The van der Waals surface area contributed by atoms with Gasteiger partial charge in [-0.3, -0.25) is 9.59 Å². The van der Waals surface area contributed by atoms with Gasteiger partial charge < -0.3 is 9.88 Å². The fourth-order valence-corrected chi connectivity index (χ4v) is 3.20. The molecular formula is C16H16FN5O2. The highest BCUT2D eigenvalue weighted by molar-refractivity contribution is 5.99. The lowest BCUT2D eigenvalue weighted by atomic mass is 10.2. The molecule has 1 N–H and O–H groups in total. The second-order valence-corrected chi connectivity index (χ2v) is 6.02. The number of aromatic nitrogens is 4. The van der Waals surface area contributed by atoms with Crippen LogP contribution in [-0.4, -0.2) is 43.7 Å². The Balaban J connectivity index is 1.86. The maximum atomic E-state index is 13.4. The molecule has 4 rings (SSSR count). The van der Waals surface area contributed by atoms with Gasteiger partial charge in [-0.1, -0.05) is 18.1 Å². The van der Waals surface area contributed by atoms with E-state index < -0.39 is 11.4 Å². The molecule has 1 amide bonds. The van der Waals surface area contributed by atoms with Crippen molar-refractivity contribution in [3.05, 3.63) is 40.1 Å². The average Bonchev–Trinajstić information content (AvgIpc) is 2.83. The first-order valence-corrected chi connectivity index (χ1v) is 8.01. The first kappa shape index (κ1) is 14.8. The molecule has 8 heteroatoms. The predicted molar refractivity (Wildman–Crippen MR) is 85.4 cm³/mol. The van der Waals surface area contributed by atoms with Crippen molar-refractivity contribution in [1.82, 2.24) is 24.7 Å². The van der Waals surface area contributed by atoms with E-state index in [2.05, 4.69) is 15.3 Å². The standard InChI is InChI=1S/C16H16FN5O2/c17-10-5-6-12-11(9-10)18-15(23)14-13(19-20-22(12)14)16(24)21-7-3-1-2-4-8-21/h5-6,9H,1-4,7-8H2,(H,18,23). The van der Waals surface area contributed by atoms with E-state index in [4.69, 9.17) is 0 Å². The highest BCUT2D eigenvalue weighted by Gasteiger charge is 2.25. The van der Waals surface area contributed by atoms with Crippen LogP contribution in [-0.2, 0) is 0 Å². The summed E-state index contributed by atoms with van der Waals surface area (Å²) in [6, 6.07) is 3.99. The molecule has 7 nitrogen and oxygen atoms in total. The molecule has 0 spiro atoms. The number of benzene rings is 1. The molecule has 1 aliphatic rings. The minimum atomic E-state index is -0.503. The quantitative estimate of drug-likeness (QED) is 0.737. The van der Waals surface area contributed by atoms with Gasteiger partial charge in [0.05, 0.1) is 11.0 Å². The van der Waals surface area contributed by atoms with Gasteiger partial charge in [0, 0.05) is 13.1 Å². The second-order valence-electron chi connectivity index (χ2n) is 6.02. The predicted octanol–water partition coefficient (Wildman–Crippen LogP) is 1.73. The molecule has 0 aliphatic carbocycles. The van der Waals surface area contributed by atoms with Gasteiger partial charge in [-0.05, 0) is 31.0 Å². The van der Waals surface area contributed by atoms with E-state index in [1.54, 1.807) is 4.90 Å². The van der Waals surface area contributed by atoms with Gasteiger partial charge in [0.2, 0.25) is 0 Å². The summed E-state index contributed by atoms with van der Waals surface area (Å²) in [5.41, 5.74) is 0.448. The van der Waals surface area contributed by atoms with Crippen LogP contribution in [0, 0.1) is 5.82 Å². The highest BCUT2D eigenvalue weighted by atomic mass is 19.1. The van der Waals surface area contributed by atoms with Crippen molar-refractivity contribution >= 4 is 22.5 Å². The first-order chi connectivity index (χ1) is 11.6. The molecule has 1 saturated heterocycles. The van der Waals surface area contributed by atoms with Gasteiger partial charge in [0.1, 0.15) is 5.82 Å². The van der Waals surface area contributed by atoms with Gasteiger partial charge in [-0.15, -0.1) is 5.10 Å². The van der Waals surface area contributed by atoms with Crippen molar-refractivity contribution in [1.29, 1.82) is 0 Å². The largest absolute Gasteiger partial charge is 0.337 e. The van der Waals surface area contributed by atoms with E-state index in [9.17, 15) is 14.0 Å². The van der Waals surface area contributed by atoms with E-state index in [-0.39, 0.29) is 17.1 Å². The first-order valence-electron chi connectivity index (χ1n) is 8.01. The Kier molecular flexibility index (Phi) is 3.51. The van der Waals surface area contributed by atoms with Crippen LogP contribution < -0.4 is 5.56 Å². The molecule has 0 bridgehead atoms. The lowest BCUT2D eigenvalue weighted by Crippen LogP contribution is -2.33. The molecule has 1 aliphatic heterocycles. The number of nitrogens with zero attached hydrogens (tertiary/aromatic N) is 4. The topological polar surface area (TPSA) is 83.4 Å². The van der Waals surface area contributed by atoms with Gasteiger partial charge >= 0.3 is 0 Å².